The zero-order valence-electron chi connectivity index (χ0n) is 30.4. The molecule has 1 saturated heterocycles. The second-order valence-electron chi connectivity index (χ2n) is 13.0. The Kier molecular flexibility index (Phi) is 17.5. The standard InChI is InChI=1S/C27H48N7O18P3S/c1-4-5-6-7-18(36)56(47)11-10-29-17(35)8-9-30-25(39)22(38)27(2,3)13-49-55(45,46)52-54(43,44)48-12-16-21(51-53(40,41)42)20(37)26(50-16)34-15-33-19-23(28)31-14-32-24(19)34/h14-16,20-22,26,37-38,47,56H,4-13H2,1-3H3,(H,29,35)(H,30,39)(H,43,44)(H,45,46)(H2,28,31,32)(H2,40,41,42)/t16-,20-,21-,22?,26-/m1/s1. The Balaban J connectivity index is 1.49. The molecule has 2 amide bonds. The Morgan fingerprint density at radius 1 is 1.04 bits per heavy atom. The first kappa shape index (κ1) is 47.9. The van der Waals surface area contributed by atoms with Gasteiger partial charge in [0.25, 0.3) is 0 Å². The lowest BCUT2D eigenvalue weighted by Gasteiger charge is -2.30. The molecule has 2 aromatic rings. The topological polar surface area (TPSA) is 384 Å². The van der Waals surface area contributed by atoms with Gasteiger partial charge in [0, 0.05) is 37.1 Å². The highest BCUT2D eigenvalue weighted by atomic mass is 32.2. The van der Waals surface area contributed by atoms with E-state index in [0.29, 0.717) is 6.42 Å². The minimum absolute atomic E-state index is 0.0260. The lowest BCUT2D eigenvalue weighted by Crippen LogP contribution is -2.46. The number of carbonyl (C=O) groups excluding carboxylic acids is 3. The van der Waals surface area contributed by atoms with Crippen LogP contribution in [-0.4, -0.2) is 127 Å². The number of aliphatic hydroxyl groups excluding tert-OH is 2. The number of hydrogen-bond acceptors (Lipinski definition) is 18. The first-order valence-electron chi connectivity index (χ1n) is 16.8. The number of hydrogen-bond donors (Lipinski definition) is 11. The number of carbonyl (C=O) groups is 3. The van der Waals surface area contributed by atoms with E-state index in [-0.39, 0.29) is 53.8 Å². The number of nitrogen functional groups attached to an aromatic ring is 1. The number of unbranched alkanes of at least 4 members (excludes halogenated alkanes) is 2. The van der Waals surface area contributed by atoms with Crippen molar-refractivity contribution in [3.8, 4) is 0 Å². The third kappa shape index (κ3) is 14.4. The van der Waals surface area contributed by atoms with Crippen molar-refractivity contribution in [1.29, 1.82) is 0 Å². The molecule has 1 aliphatic rings. The van der Waals surface area contributed by atoms with Crippen LogP contribution in [0.2, 0.25) is 0 Å². The van der Waals surface area contributed by atoms with Gasteiger partial charge >= 0.3 is 23.5 Å². The molecule has 0 saturated carbocycles. The summed E-state index contributed by atoms with van der Waals surface area (Å²) in [5, 5.41) is 26.0. The fourth-order valence-corrected chi connectivity index (χ4v) is 8.84. The van der Waals surface area contributed by atoms with E-state index in [0.717, 1.165) is 30.1 Å². The van der Waals surface area contributed by atoms with Gasteiger partial charge in [0.05, 0.1) is 19.5 Å². The molecule has 8 atom stereocenters. The van der Waals surface area contributed by atoms with Gasteiger partial charge in [0.15, 0.2) is 22.8 Å². The molecule has 3 heterocycles. The van der Waals surface area contributed by atoms with Gasteiger partial charge in [-0.3, -0.25) is 32.5 Å². The average molecular weight is 884 g/mol. The molecule has 1 fully saturated rings. The molecule has 29 heteroatoms. The number of thiol groups is 1. The van der Waals surface area contributed by atoms with E-state index in [4.69, 9.17) is 19.5 Å². The zero-order valence-corrected chi connectivity index (χ0v) is 34.0. The van der Waals surface area contributed by atoms with Gasteiger partial charge in [-0.1, -0.05) is 44.8 Å². The summed E-state index contributed by atoms with van der Waals surface area (Å²) >= 11 is -1.88. The monoisotopic (exact) mass is 883 g/mol. The fourth-order valence-electron chi connectivity index (χ4n) is 5.02. The molecular formula is C27H48N7O18P3S. The van der Waals surface area contributed by atoms with E-state index in [9.17, 15) is 62.4 Å². The SMILES string of the molecule is CCCCCC(=O)[SH](O)CCNC(=O)CCNC(=O)C(O)C(C)(C)COP(=O)(O)OP(=O)(O)OC[C@H]1O[C@@H](n2cnc3c(N)ncnc32)[C@H](O)[C@@H]1OP(=O)(O)O. The molecular weight excluding hydrogens is 835 g/mol. The number of nitrogens with zero attached hydrogens (tertiary/aromatic N) is 4. The maximum atomic E-state index is 12.7. The molecule has 25 nitrogen and oxygen atoms in total. The summed E-state index contributed by atoms with van der Waals surface area (Å²) in [6.07, 6.45) is -4.27. The smallest absolute Gasteiger partial charge is 0.386 e. The first-order valence-corrected chi connectivity index (χ1v) is 22.8. The number of phosphoric ester groups is 3. The molecule has 0 radical (unpaired) electrons. The van der Waals surface area contributed by atoms with Gasteiger partial charge in [-0.15, -0.1) is 0 Å². The van der Waals surface area contributed by atoms with Crippen molar-refractivity contribution in [3.05, 3.63) is 12.7 Å². The highest BCUT2D eigenvalue weighted by Gasteiger charge is 2.50. The number of ether oxygens (including phenoxy) is 1. The number of rotatable bonds is 23. The average Bonchev–Trinajstić information content (AvgIpc) is 3.66. The lowest BCUT2D eigenvalue weighted by atomic mass is 9.87. The molecule has 2 aromatic heterocycles. The lowest BCUT2D eigenvalue weighted by molar-refractivity contribution is -0.137. The number of phosphoric acid groups is 3. The Hall–Kier alpha value is -2.48. The van der Waals surface area contributed by atoms with E-state index >= 15 is 0 Å². The van der Waals surface area contributed by atoms with Crippen molar-refractivity contribution in [2.45, 2.75) is 83.5 Å². The number of nitrogens with one attached hydrogen (secondary N) is 2. The van der Waals surface area contributed by atoms with Crippen LogP contribution in [0.5, 0.6) is 0 Å². The van der Waals surface area contributed by atoms with E-state index in [2.05, 4.69) is 34.4 Å². The van der Waals surface area contributed by atoms with Crippen LogP contribution in [-0.2, 0) is 50.7 Å². The van der Waals surface area contributed by atoms with Gasteiger partial charge in [-0.2, -0.15) is 4.31 Å². The van der Waals surface area contributed by atoms with Crippen molar-refractivity contribution in [2.24, 2.45) is 5.41 Å². The number of anilines is 1. The third-order valence-electron chi connectivity index (χ3n) is 8.01. The summed E-state index contributed by atoms with van der Waals surface area (Å²) in [5.74, 6) is -1.48. The summed E-state index contributed by atoms with van der Waals surface area (Å²) in [7, 11) is -16.4. The van der Waals surface area contributed by atoms with Crippen molar-refractivity contribution in [1.82, 2.24) is 30.2 Å². The van der Waals surface area contributed by atoms with Crippen molar-refractivity contribution < 1.29 is 85.0 Å². The van der Waals surface area contributed by atoms with Gasteiger partial charge in [-0.25, -0.2) is 28.6 Å². The Labute approximate surface area is 322 Å². The Morgan fingerprint density at radius 2 is 1.71 bits per heavy atom. The molecule has 0 aromatic carbocycles. The predicted octanol–water partition coefficient (Wildman–Crippen LogP) is -0.0140. The van der Waals surface area contributed by atoms with Crippen LogP contribution in [0.25, 0.3) is 11.2 Å². The number of imidazole rings is 1. The molecule has 320 valence electrons. The van der Waals surface area contributed by atoms with E-state index in [1.807, 2.05) is 6.92 Å². The molecule has 11 N–H and O–H groups in total. The minimum atomic E-state index is -5.58. The third-order valence-corrected chi connectivity index (χ3v) is 12.6. The fraction of sp³-hybridized carbons (Fsp3) is 0.704. The second kappa shape index (κ2) is 20.5. The van der Waals surface area contributed by atoms with Crippen molar-refractivity contribution in [2.75, 3.05) is 37.8 Å². The molecule has 0 aliphatic carbocycles. The molecule has 4 unspecified atom stereocenters. The van der Waals surface area contributed by atoms with Crippen LogP contribution in [0.3, 0.4) is 0 Å². The van der Waals surface area contributed by atoms with Crippen LogP contribution in [0.15, 0.2) is 12.7 Å². The maximum absolute atomic E-state index is 12.7. The Morgan fingerprint density at radius 3 is 2.38 bits per heavy atom. The number of nitrogens with two attached hydrogens (primary N) is 1. The quantitative estimate of drug-likeness (QED) is 0.0397. The van der Waals surface area contributed by atoms with Gasteiger partial charge in [0.1, 0.15) is 36.3 Å². The highest BCUT2D eigenvalue weighted by molar-refractivity contribution is 8.25. The highest BCUT2D eigenvalue weighted by Crippen LogP contribution is 2.61. The summed E-state index contributed by atoms with van der Waals surface area (Å²) < 4.78 is 72.0. The zero-order chi connectivity index (χ0) is 42.1. The molecule has 1 aliphatic heterocycles. The van der Waals surface area contributed by atoms with E-state index in [1.165, 1.54) is 13.8 Å². The van der Waals surface area contributed by atoms with Gasteiger partial charge < -0.3 is 55.4 Å². The van der Waals surface area contributed by atoms with Gasteiger partial charge in [-0.05, 0) is 6.42 Å². The molecule has 0 bridgehead atoms. The number of aliphatic hydroxyl groups is 2. The van der Waals surface area contributed by atoms with Crippen molar-refractivity contribution >= 4 is 68.6 Å². The normalized spacial score (nSPS) is 22.6. The number of amides is 2. The van der Waals surface area contributed by atoms with Crippen molar-refractivity contribution in [3.63, 3.8) is 0 Å². The number of fused-ring (bicyclic) bond motifs is 1. The second-order valence-corrected chi connectivity index (χ2v) is 19.0. The van der Waals surface area contributed by atoms with Crippen LogP contribution in [0, 0.1) is 5.41 Å². The summed E-state index contributed by atoms with van der Waals surface area (Å²) in [6.45, 7) is 2.22. The minimum Gasteiger partial charge on any atom is -0.386 e. The Bertz CT molecular complexity index is 1820. The largest absolute Gasteiger partial charge is 0.481 e. The number of aromatic nitrogens is 4. The summed E-state index contributed by atoms with van der Waals surface area (Å²) in [6, 6.07) is 0. The maximum Gasteiger partial charge on any atom is 0.481 e. The molecule has 3 rings (SSSR count). The predicted molar refractivity (Wildman–Crippen MR) is 195 cm³/mol. The molecule has 56 heavy (non-hydrogen) atoms. The van der Waals surface area contributed by atoms with Crippen LogP contribution >= 0.6 is 34.6 Å². The summed E-state index contributed by atoms with van der Waals surface area (Å²) in [5.41, 5.74) is 4.23. The van der Waals surface area contributed by atoms with E-state index in [1.54, 1.807) is 0 Å². The molecule has 0 spiro atoms. The van der Waals surface area contributed by atoms with Crippen LogP contribution in [0.4, 0.5) is 5.82 Å². The summed E-state index contributed by atoms with van der Waals surface area (Å²) in [4.78, 5) is 87.5. The van der Waals surface area contributed by atoms with E-state index < -0.39 is 95.7 Å². The van der Waals surface area contributed by atoms with Gasteiger partial charge in [0.2, 0.25) is 11.8 Å². The van der Waals surface area contributed by atoms with Crippen LogP contribution < -0.4 is 16.4 Å². The van der Waals surface area contributed by atoms with Crippen LogP contribution in [0.1, 0.15) is 59.1 Å². The first-order chi connectivity index (χ1) is 26.0.